The van der Waals surface area contributed by atoms with E-state index in [4.69, 9.17) is 5.26 Å². The molecule has 5 nitrogen and oxygen atoms in total. The molecule has 0 aliphatic heterocycles. The Balaban J connectivity index is 1.94. The highest BCUT2D eigenvalue weighted by atomic mass is 32.1. The number of rotatable bonds is 6. The molecule has 1 heterocycles. The minimum absolute atomic E-state index is 0.240. The maximum Gasteiger partial charge on any atom is 0.257 e. The molecule has 1 aromatic carbocycles. The largest absolute Gasteiger partial charge is 0.296 e. The van der Waals surface area contributed by atoms with Crippen molar-refractivity contribution in [1.82, 2.24) is 10.2 Å². The van der Waals surface area contributed by atoms with Crippen LogP contribution in [-0.4, -0.2) is 16.1 Å². The average Bonchev–Trinajstić information content (AvgIpc) is 2.95. The van der Waals surface area contributed by atoms with E-state index in [1.54, 1.807) is 24.3 Å². The van der Waals surface area contributed by atoms with Crippen LogP contribution in [0.3, 0.4) is 0 Å². The molecular weight excluding hydrogens is 284 g/mol. The quantitative estimate of drug-likeness (QED) is 0.829. The lowest BCUT2D eigenvalue weighted by atomic mass is 10.1. The van der Waals surface area contributed by atoms with Gasteiger partial charge in [0.15, 0.2) is 0 Å². The summed E-state index contributed by atoms with van der Waals surface area (Å²) in [6, 6.07) is 8.50. The van der Waals surface area contributed by atoms with Crippen molar-refractivity contribution in [3.63, 3.8) is 0 Å². The minimum Gasteiger partial charge on any atom is -0.296 e. The Morgan fingerprint density at radius 2 is 2.05 bits per heavy atom. The second-order valence-corrected chi connectivity index (χ2v) is 5.66. The van der Waals surface area contributed by atoms with Gasteiger partial charge in [-0.2, -0.15) is 5.26 Å². The van der Waals surface area contributed by atoms with Gasteiger partial charge in [-0.1, -0.05) is 31.1 Å². The fourth-order valence-corrected chi connectivity index (χ4v) is 2.57. The Morgan fingerprint density at radius 3 is 2.71 bits per heavy atom. The van der Waals surface area contributed by atoms with Crippen molar-refractivity contribution in [1.29, 1.82) is 5.26 Å². The lowest BCUT2D eigenvalue weighted by Gasteiger charge is -2.00. The molecule has 1 N–H and O–H groups in total. The summed E-state index contributed by atoms with van der Waals surface area (Å²) in [5, 5.41) is 21.0. The molecule has 0 atom stereocenters. The van der Waals surface area contributed by atoms with Gasteiger partial charge in [-0.3, -0.25) is 10.1 Å². The number of carbonyl (C=O) groups is 1. The highest BCUT2D eigenvalue weighted by Gasteiger charge is 2.10. The number of aryl methyl sites for hydroxylation is 1. The van der Waals surface area contributed by atoms with Crippen molar-refractivity contribution in [3.05, 3.63) is 40.4 Å². The number of hydrogen-bond donors (Lipinski definition) is 1. The molecule has 0 saturated carbocycles. The molecule has 21 heavy (non-hydrogen) atoms. The van der Waals surface area contributed by atoms with Crippen molar-refractivity contribution in [3.8, 4) is 6.07 Å². The van der Waals surface area contributed by atoms with Gasteiger partial charge in [0.05, 0.1) is 11.6 Å². The molecule has 2 rings (SSSR count). The fourth-order valence-electron chi connectivity index (χ4n) is 1.80. The number of nitrogens with one attached hydrogen (secondary N) is 1. The lowest BCUT2D eigenvalue weighted by Crippen LogP contribution is -2.11. The predicted molar refractivity (Wildman–Crippen MR) is 82.2 cm³/mol. The van der Waals surface area contributed by atoms with Crippen molar-refractivity contribution >= 4 is 22.4 Å². The molecule has 0 aliphatic rings. The zero-order valence-electron chi connectivity index (χ0n) is 11.8. The van der Waals surface area contributed by atoms with E-state index in [1.807, 2.05) is 6.07 Å². The topological polar surface area (TPSA) is 78.7 Å². The van der Waals surface area contributed by atoms with Crippen LogP contribution in [0.1, 0.15) is 47.1 Å². The summed E-state index contributed by atoms with van der Waals surface area (Å²) >= 11 is 1.41. The molecule has 0 spiro atoms. The number of nitrogens with zero attached hydrogens (tertiary/aromatic N) is 3. The van der Waals surface area contributed by atoms with Crippen LogP contribution in [-0.2, 0) is 6.42 Å². The first kappa shape index (κ1) is 15.1. The summed E-state index contributed by atoms with van der Waals surface area (Å²) < 4.78 is 0. The normalized spacial score (nSPS) is 10.1. The van der Waals surface area contributed by atoms with Crippen LogP contribution in [0.4, 0.5) is 5.13 Å². The zero-order chi connectivity index (χ0) is 15.1. The van der Waals surface area contributed by atoms with E-state index in [-0.39, 0.29) is 5.91 Å². The Hall–Kier alpha value is -2.26. The van der Waals surface area contributed by atoms with Crippen LogP contribution in [0.25, 0.3) is 0 Å². The molecule has 2 aromatic rings. The smallest absolute Gasteiger partial charge is 0.257 e. The molecule has 0 radical (unpaired) electrons. The van der Waals surface area contributed by atoms with Crippen LogP contribution in [0.15, 0.2) is 24.3 Å². The van der Waals surface area contributed by atoms with E-state index in [1.165, 1.54) is 24.2 Å². The summed E-state index contributed by atoms with van der Waals surface area (Å²) in [4.78, 5) is 12.0. The van der Waals surface area contributed by atoms with E-state index >= 15 is 0 Å². The number of carbonyl (C=O) groups excluding carboxylic acids is 1. The van der Waals surface area contributed by atoms with E-state index in [0.29, 0.717) is 16.3 Å². The second-order valence-electron chi connectivity index (χ2n) is 4.60. The Kier molecular flexibility index (Phi) is 5.41. The third kappa shape index (κ3) is 4.36. The predicted octanol–water partition coefficient (Wildman–Crippen LogP) is 3.39. The van der Waals surface area contributed by atoms with E-state index in [9.17, 15) is 4.79 Å². The number of aromatic nitrogens is 2. The van der Waals surface area contributed by atoms with Gasteiger partial charge in [-0.15, -0.1) is 10.2 Å². The van der Waals surface area contributed by atoms with E-state index in [2.05, 4.69) is 22.4 Å². The van der Waals surface area contributed by atoms with Crippen LogP contribution < -0.4 is 5.32 Å². The van der Waals surface area contributed by atoms with Crippen LogP contribution in [0.5, 0.6) is 0 Å². The summed E-state index contributed by atoms with van der Waals surface area (Å²) in [7, 11) is 0. The summed E-state index contributed by atoms with van der Waals surface area (Å²) in [5.41, 5.74) is 1.03. The van der Waals surface area contributed by atoms with Gasteiger partial charge < -0.3 is 0 Å². The number of hydrogen-bond acceptors (Lipinski definition) is 5. The SMILES string of the molecule is CCCCCc1nnc(NC(=O)c2ccc(C#N)cc2)s1. The molecule has 1 aromatic heterocycles. The van der Waals surface area contributed by atoms with E-state index in [0.717, 1.165) is 17.8 Å². The van der Waals surface area contributed by atoms with Gasteiger partial charge in [-0.05, 0) is 30.7 Å². The number of amides is 1. The van der Waals surface area contributed by atoms with E-state index < -0.39 is 0 Å². The number of nitriles is 1. The van der Waals surface area contributed by atoms with Crippen LogP contribution in [0, 0.1) is 11.3 Å². The second kappa shape index (κ2) is 7.50. The van der Waals surface area contributed by atoms with Crippen molar-refractivity contribution in [2.24, 2.45) is 0 Å². The maximum absolute atomic E-state index is 12.0. The number of anilines is 1. The minimum atomic E-state index is -0.240. The fraction of sp³-hybridized carbons (Fsp3) is 0.333. The molecule has 1 amide bonds. The average molecular weight is 300 g/mol. The Labute approximate surface area is 127 Å². The van der Waals surface area contributed by atoms with Gasteiger partial charge in [0.25, 0.3) is 5.91 Å². The van der Waals surface area contributed by atoms with Gasteiger partial charge in [0.1, 0.15) is 5.01 Å². The van der Waals surface area contributed by atoms with Crippen LogP contribution in [0.2, 0.25) is 0 Å². The first-order valence-corrected chi connectivity index (χ1v) is 7.68. The monoisotopic (exact) mass is 300 g/mol. The highest BCUT2D eigenvalue weighted by molar-refractivity contribution is 7.15. The number of benzene rings is 1. The Morgan fingerprint density at radius 1 is 1.29 bits per heavy atom. The van der Waals surface area contributed by atoms with Gasteiger partial charge in [0.2, 0.25) is 5.13 Å². The highest BCUT2D eigenvalue weighted by Crippen LogP contribution is 2.18. The molecule has 0 fully saturated rings. The molecular formula is C15H16N4OS. The molecule has 108 valence electrons. The first-order chi connectivity index (χ1) is 10.2. The molecule has 0 aliphatic carbocycles. The molecule has 6 heteroatoms. The standard InChI is InChI=1S/C15H16N4OS/c1-2-3-4-5-13-18-19-15(21-13)17-14(20)12-8-6-11(10-16)7-9-12/h6-9H,2-5H2,1H3,(H,17,19,20). The summed E-state index contributed by atoms with van der Waals surface area (Å²) in [6.07, 6.45) is 4.33. The lowest BCUT2D eigenvalue weighted by molar-refractivity contribution is 0.102. The first-order valence-electron chi connectivity index (χ1n) is 6.87. The van der Waals surface area contributed by atoms with Gasteiger partial charge in [0, 0.05) is 12.0 Å². The van der Waals surface area contributed by atoms with Gasteiger partial charge in [-0.25, -0.2) is 0 Å². The number of unbranched alkanes of at least 4 members (excludes halogenated alkanes) is 2. The molecule has 0 unspecified atom stereocenters. The van der Waals surface area contributed by atoms with Crippen molar-refractivity contribution in [2.75, 3.05) is 5.32 Å². The van der Waals surface area contributed by atoms with Crippen LogP contribution >= 0.6 is 11.3 Å². The van der Waals surface area contributed by atoms with Crippen molar-refractivity contribution in [2.45, 2.75) is 32.6 Å². The van der Waals surface area contributed by atoms with Crippen molar-refractivity contribution < 1.29 is 4.79 Å². The zero-order valence-corrected chi connectivity index (χ0v) is 12.6. The maximum atomic E-state index is 12.0. The Bertz CT molecular complexity index is 642. The summed E-state index contributed by atoms with van der Waals surface area (Å²) in [5.74, 6) is -0.240. The molecule has 0 bridgehead atoms. The molecule has 0 saturated heterocycles. The summed E-state index contributed by atoms with van der Waals surface area (Å²) in [6.45, 7) is 2.16. The third-order valence-electron chi connectivity index (χ3n) is 2.96. The third-order valence-corrected chi connectivity index (χ3v) is 3.86. The van der Waals surface area contributed by atoms with Gasteiger partial charge >= 0.3 is 0 Å².